The molecule has 2 N–H and O–H groups in total. The Hall–Kier alpha value is -0.940. The Balaban J connectivity index is 2.36. The first kappa shape index (κ1) is 13.1. The van der Waals surface area contributed by atoms with E-state index in [-0.39, 0.29) is 18.2 Å². The van der Waals surface area contributed by atoms with Crippen LogP contribution in [0.1, 0.15) is 23.9 Å². The molecule has 1 aromatic heterocycles. The lowest BCUT2D eigenvalue weighted by Crippen LogP contribution is -2.40. The molecule has 90 valence electrons. The monoisotopic (exact) mass is 243 g/mol. The number of nitrogens with one attached hydrogen (secondary N) is 1. The van der Waals surface area contributed by atoms with Crippen LogP contribution in [0.4, 0.5) is 0 Å². The first-order valence-corrected chi connectivity index (χ1v) is 6.47. The highest BCUT2D eigenvalue weighted by molar-refractivity contribution is 7.98. The molecule has 0 aliphatic carbocycles. The first-order chi connectivity index (χ1) is 7.55. The van der Waals surface area contributed by atoms with Gasteiger partial charge in [0.15, 0.2) is 5.76 Å². The third kappa shape index (κ3) is 4.28. The van der Waals surface area contributed by atoms with Crippen molar-refractivity contribution in [1.82, 2.24) is 5.32 Å². The molecule has 0 aliphatic heterocycles. The zero-order valence-corrected chi connectivity index (χ0v) is 10.3. The molecule has 1 aromatic rings. The molecule has 0 aliphatic rings. The maximum Gasteiger partial charge on any atom is 0.287 e. The number of amides is 1. The maximum absolute atomic E-state index is 11.5. The molecule has 1 amide bonds. The molecule has 0 saturated carbocycles. The van der Waals surface area contributed by atoms with Crippen LogP contribution in [0.3, 0.4) is 0 Å². The van der Waals surface area contributed by atoms with Gasteiger partial charge in [-0.05, 0) is 37.5 Å². The van der Waals surface area contributed by atoms with Crippen molar-refractivity contribution >= 4 is 17.7 Å². The molecule has 1 heterocycles. The third-order valence-electron chi connectivity index (χ3n) is 2.22. The van der Waals surface area contributed by atoms with Crippen molar-refractivity contribution < 1.29 is 14.3 Å². The largest absolute Gasteiger partial charge is 0.459 e. The van der Waals surface area contributed by atoms with E-state index in [4.69, 9.17) is 4.42 Å². The van der Waals surface area contributed by atoms with Crippen LogP contribution in [0.2, 0.25) is 0 Å². The number of aliphatic hydroxyl groups is 1. The molecule has 1 atom stereocenters. The number of carbonyl (C=O) groups is 1. The van der Waals surface area contributed by atoms with Crippen molar-refractivity contribution in [3.8, 4) is 0 Å². The zero-order valence-electron chi connectivity index (χ0n) is 9.53. The summed E-state index contributed by atoms with van der Waals surface area (Å²) in [6.07, 6.45) is 4.07. The summed E-state index contributed by atoms with van der Waals surface area (Å²) in [5.41, 5.74) is -0.870. The lowest BCUT2D eigenvalue weighted by Gasteiger charge is -2.22. The van der Waals surface area contributed by atoms with Crippen LogP contribution in [0, 0.1) is 0 Å². The van der Waals surface area contributed by atoms with E-state index in [9.17, 15) is 9.90 Å². The molecule has 1 rings (SSSR count). The molecule has 0 bridgehead atoms. The van der Waals surface area contributed by atoms with Gasteiger partial charge in [-0.25, -0.2) is 0 Å². The van der Waals surface area contributed by atoms with E-state index in [1.165, 1.54) is 6.26 Å². The van der Waals surface area contributed by atoms with Crippen molar-refractivity contribution in [3.05, 3.63) is 24.2 Å². The standard InChI is InChI=1S/C11H17NO3S/c1-11(14,5-7-16-2)8-12-10(13)9-4-3-6-15-9/h3-4,6,14H,5,7-8H2,1-2H3,(H,12,13). The molecule has 0 saturated heterocycles. The minimum absolute atomic E-state index is 0.229. The van der Waals surface area contributed by atoms with Crippen LogP contribution in [-0.2, 0) is 0 Å². The second-order valence-electron chi connectivity index (χ2n) is 3.90. The highest BCUT2D eigenvalue weighted by atomic mass is 32.2. The highest BCUT2D eigenvalue weighted by Crippen LogP contribution is 2.11. The minimum atomic E-state index is -0.870. The van der Waals surface area contributed by atoms with Gasteiger partial charge in [0.1, 0.15) is 0 Å². The topological polar surface area (TPSA) is 62.5 Å². The third-order valence-corrected chi connectivity index (χ3v) is 2.83. The number of carbonyl (C=O) groups excluding carboxylic acids is 1. The molecule has 4 nitrogen and oxygen atoms in total. The average molecular weight is 243 g/mol. The number of thioether (sulfide) groups is 1. The van der Waals surface area contributed by atoms with Gasteiger partial charge in [-0.1, -0.05) is 0 Å². The van der Waals surface area contributed by atoms with Crippen molar-refractivity contribution in [2.45, 2.75) is 18.9 Å². The van der Waals surface area contributed by atoms with Crippen molar-refractivity contribution in [1.29, 1.82) is 0 Å². The fraction of sp³-hybridized carbons (Fsp3) is 0.545. The van der Waals surface area contributed by atoms with Gasteiger partial charge >= 0.3 is 0 Å². The molecular weight excluding hydrogens is 226 g/mol. The van der Waals surface area contributed by atoms with Crippen LogP contribution >= 0.6 is 11.8 Å². The molecule has 0 spiro atoms. The van der Waals surface area contributed by atoms with Gasteiger partial charge < -0.3 is 14.8 Å². The number of hydrogen-bond donors (Lipinski definition) is 2. The van der Waals surface area contributed by atoms with Crippen LogP contribution in [0.5, 0.6) is 0 Å². The number of hydrogen-bond acceptors (Lipinski definition) is 4. The Labute approximate surface area is 99.4 Å². The molecule has 5 heteroatoms. The molecule has 16 heavy (non-hydrogen) atoms. The van der Waals surface area contributed by atoms with Gasteiger partial charge in [-0.3, -0.25) is 4.79 Å². The summed E-state index contributed by atoms with van der Waals surface area (Å²) in [5, 5.41) is 12.6. The van der Waals surface area contributed by atoms with E-state index in [0.717, 1.165) is 5.75 Å². The van der Waals surface area contributed by atoms with E-state index >= 15 is 0 Å². The first-order valence-electron chi connectivity index (χ1n) is 5.08. The second kappa shape index (κ2) is 5.96. The summed E-state index contributed by atoms with van der Waals surface area (Å²) >= 11 is 1.67. The van der Waals surface area contributed by atoms with E-state index in [2.05, 4.69) is 5.32 Å². The molecule has 0 radical (unpaired) electrons. The fourth-order valence-corrected chi connectivity index (χ4v) is 1.82. The van der Waals surface area contributed by atoms with E-state index in [1.54, 1.807) is 30.8 Å². The fourth-order valence-electron chi connectivity index (χ4n) is 1.18. The predicted molar refractivity (Wildman–Crippen MR) is 64.7 cm³/mol. The zero-order chi connectivity index (χ0) is 12.0. The maximum atomic E-state index is 11.5. The lowest BCUT2D eigenvalue weighted by atomic mass is 10.0. The summed E-state index contributed by atoms with van der Waals surface area (Å²) in [4.78, 5) is 11.5. The number of rotatable bonds is 6. The Morgan fingerprint density at radius 1 is 1.69 bits per heavy atom. The van der Waals surface area contributed by atoms with Crippen LogP contribution in [0.15, 0.2) is 22.8 Å². The average Bonchev–Trinajstić information content (AvgIpc) is 2.77. The van der Waals surface area contributed by atoms with Gasteiger partial charge in [0.25, 0.3) is 5.91 Å². The van der Waals surface area contributed by atoms with E-state index in [0.29, 0.717) is 6.42 Å². The summed E-state index contributed by atoms with van der Waals surface area (Å²) in [6, 6.07) is 3.24. The summed E-state index contributed by atoms with van der Waals surface area (Å²) in [6.45, 7) is 1.94. The quantitative estimate of drug-likeness (QED) is 0.795. The molecular formula is C11H17NO3S. The van der Waals surface area contributed by atoms with E-state index in [1.807, 2.05) is 6.26 Å². The minimum Gasteiger partial charge on any atom is -0.459 e. The van der Waals surface area contributed by atoms with Gasteiger partial charge in [0.05, 0.1) is 11.9 Å². The van der Waals surface area contributed by atoms with Gasteiger partial charge in [-0.2, -0.15) is 11.8 Å². The Morgan fingerprint density at radius 3 is 3.00 bits per heavy atom. The van der Waals surface area contributed by atoms with Crippen molar-refractivity contribution in [2.24, 2.45) is 0 Å². The summed E-state index contributed by atoms with van der Waals surface area (Å²) in [5.74, 6) is 0.832. The Kier molecular flexibility index (Phi) is 4.89. The normalized spacial score (nSPS) is 14.4. The summed E-state index contributed by atoms with van der Waals surface area (Å²) in [7, 11) is 0. The Bertz CT molecular complexity index is 322. The van der Waals surface area contributed by atoms with Crippen molar-refractivity contribution in [2.75, 3.05) is 18.6 Å². The van der Waals surface area contributed by atoms with Crippen LogP contribution in [-0.4, -0.2) is 35.2 Å². The Morgan fingerprint density at radius 2 is 2.44 bits per heavy atom. The van der Waals surface area contributed by atoms with E-state index < -0.39 is 5.60 Å². The lowest BCUT2D eigenvalue weighted by molar-refractivity contribution is 0.0521. The SMILES string of the molecule is CSCCC(C)(O)CNC(=O)c1ccco1. The highest BCUT2D eigenvalue weighted by Gasteiger charge is 2.21. The van der Waals surface area contributed by atoms with Crippen LogP contribution in [0.25, 0.3) is 0 Å². The van der Waals surface area contributed by atoms with Crippen molar-refractivity contribution in [3.63, 3.8) is 0 Å². The van der Waals surface area contributed by atoms with Gasteiger partial charge in [-0.15, -0.1) is 0 Å². The molecule has 0 fully saturated rings. The molecule has 0 aromatic carbocycles. The van der Waals surface area contributed by atoms with Gasteiger partial charge in [0, 0.05) is 6.54 Å². The predicted octanol–water partition coefficient (Wildman–Crippen LogP) is 1.51. The smallest absolute Gasteiger partial charge is 0.287 e. The van der Waals surface area contributed by atoms with Gasteiger partial charge in [0.2, 0.25) is 0 Å². The molecule has 1 unspecified atom stereocenters. The summed E-state index contributed by atoms with van der Waals surface area (Å²) < 4.78 is 4.94. The van der Waals surface area contributed by atoms with Crippen LogP contribution < -0.4 is 5.32 Å². The second-order valence-corrected chi connectivity index (χ2v) is 4.89. The number of furan rings is 1.